The van der Waals surface area contributed by atoms with Crippen molar-refractivity contribution in [1.82, 2.24) is 4.90 Å². The van der Waals surface area contributed by atoms with Crippen LogP contribution in [0.4, 0.5) is 4.79 Å². The molecule has 1 aromatic carbocycles. The molecule has 0 aliphatic carbocycles. The molecule has 0 heterocycles. The van der Waals surface area contributed by atoms with Crippen molar-refractivity contribution in [3.05, 3.63) is 29.8 Å². The van der Waals surface area contributed by atoms with E-state index in [1.165, 1.54) is 4.90 Å². The first-order valence-electron chi connectivity index (χ1n) is 7.16. The Bertz CT molecular complexity index is 454. The van der Waals surface area contributed by atoms with Gasteiger partial charge >= 0.3 is 6.09 Å². The highest BCUT2D eigenvalue weighted by Gasteiger charge is 2.22. The summed E-state index contributed by atoms with van der Waals surface area (Å²) in [4.78, 5) is 13.6. The SMILES string of the molecule is CCOc1cccc(CN(CCO)C(=O)OC(C)(C)C)c1. The molecule has 1 amide bonds. The molecule has 1 rings (SSSR count). The van der Waals surface area contributed by atoms with Crippen LogP contribution in [0.5, 0.6) is 5.75 Å². The molecular formula is C16H25NO4. The van der Waals surface area contributed by atoms with E-state index in [1.54, 1.807) is 0 Å². The van der Waals surface area contributed by atoms with E-state index in [0.717, 1.165) is 11.3 Å². The molecule has 0 atom stereocenters. The summed E-state index contributed by atoms with van der Waals surface area (Å²) in [6.45, 7) is 8.46. The van der Waals surface area contributed by atoms with E-state index in [0.29, 0.717) is 13.2 Å². The molecule has 5 nitrogen and oxygen atoms in total. The van der Waals surface area contributed by atoms with Crippen LogP contribution >= 0.6 is 0 Å². The molecule has 1 N–H and O–H groups in total. The topological polar surface area (TPSA) is 59.0 Å². The Balaban J connectivity index is 2.78. The summed E-state index contributed by atoms with van der Waals surface area (Å²) in [6.07, 6.45) is -0.432. The van der Waals surface area contributed by atoms with Crippen LogP contribution < -0.4 is 4.74 Å². The van der Waals surface area contributed by atoms with Crippen molar-refractivity contribution < 1.29 is 19.4 Å². The zero-order chi connectivity index (χ0) is 15.9. The fourth-order valence-corrected chi connectivity index (χ4v) is 1.80. The molecule has 0 radical (unpaired) electrons. The predicted octanol–water partition coefficient (Wildman–Crippen LogP) is 2.81. The molecule has 0 fully saturated rings. The van der Waals surface area contributed by atoms with Gasteiger partial charge < -0.3 is 19.5 Å². The molecule has 1 aromatic rings. The second-order valence-corrected chi connectivity index (χ2v) is 5.71. The Morgan fingerprint density at radius 2 is 2.05 bits per heavy atom. The summed E-state index contributed by atoms with van der Waals surface area (Å²) in [7, 11) is 0. The van der Waals surface area contributed by atoms with E-state index in [2.05, 4.69) is 0 Å². The number of carbonyl (C=O) groups is 1. The van der Waals surface area contributed by atoms with Gasteiger partial charge in [-0.25, -0.2) is 4.79 Å². The molecule has 5 heteroatoms. The lowest BCUT2D eigenvalue weighted by molar-refractivity contribution is 0.0201. The number of benzene rings is 1. The normalized spacial score (nSPS) is 11.1. The maximum Gasteiger partial charge on any atom is 0.410 e. The van der Waals surface area contributed by atoms with Crippen LogP contribution in [-0.2, 0) is 11.3 Å². The van der Waals surface area contributed by atoms with Crippen molar-refractivity contribution in [2.45, 2.75) is 39.8 Å². The molecule has 0 bridgehead atoms. The van der Waals surface area contributed by atoms with Gasteiger partial charge in [0.15, 0.2) is 0 Å². The molecule has 21 heavy (non-hydrogen) atoms. The van der Waals surface area contributed by atoms with E-state index >= 15 is 0 Å². The van der Waals surface area contributed by atoms with Crippen molar-refractivity contribution in [3.8, 4) is 5.75 Å². The first kappa shape index (κ1) is 17.3. The van der Waals surface area contributed by atoms with Gasteiger partial charge in [0.2, 0.25) is 0 Å². The number of aliphatic hydroxyl groups excluding tert-OH is 1. The van der Waals surface area contributed by atoms with Gasteiger partial charge in [-0.15, -0.1) is 0 Å². The highest BCUT2D eigenvalue weighted by atomic mass is 16.6. The number of ether oxygens (including phenoxy) is 2. The molecule has 0 unspecified atom stereocenters. The molecule has 0 spiro atoms. The van der Waals surface area contributed by atoms with Gasteiger partial charge in [0.1, 0.15) is 11.4 Å². The summed E-state index contributed by atoms with van der Waals surface area (Å²) in [5.74, 6) is 0.767. The molecule has 0 aliphatic rings. The van der Waals surface area contributed by atoms with Gasteiger partial charge in [-0.1, -0.05) is 12.1 Å². The lowest BCUT2D eigenvalue weighted by Gasteiger charge is -2.27. The highest BCUT2D eigenvalue weighted by Crippen LogP contribution is 2.17. The van der Waals surface area contributed by atoms with Crippen LogP contribution in [0.15, 0.2) is 24.3 Å². The van der Waals surface area contributed by atoms with Gasteiger partial charge in [0.05, 0.1) is 13.2 Å². The van der Waals surface area contributed by atoms with Crippen molar-refractivity contribution in [2.24, 2.45) is 0 Å². The second-order valence-electron chi connectivity index (χ2n) is 5.71. The predicted molar refractivity (Wildman–Crippen MR) is 81.3 cm³/mol. The standard InChI is InChI=1S/C16H25NO4/c1-5-20-14-8-6-7-13(11-14)12-17(9-10-18)15(19)21-16(2,3)4/h6-8,11,18H,5,9-10,12H2,1-4H3. The highest BCUT2D eigenvalue weighted by molar-refractivity contribution is 5.68. The minimum absolute atomic E-state index is 0.107. The maximum absolute atomic E-state index is 12.1. The summed E-state index contributed by atoms with van der Waals surface area (Å²) in [6, 6.07) is 7.55. The largest absolute Gasteiger partial charge is 0.494 e. The van der Waals surface area contributed by atoms with E-state index in [-0.39, 0.29) is 13.2 Å². The van der Waals surface area contributed by atoms with Crippen LogP contribution in [0.3, 0.4) is 0 Å². The summed E-state index contributed by atoms with van der Waals surface area (Å²) in [5, 5.41) is 9.13. The molecular weight excluding hydrogens is 270 g/mol. The van der Waals surface area contributed by atoms with Crippen LogP contribution in [0, 0.1) is 0 Å². The first-order chi connectivity index (χ1) is 9.85. The zero-order valence-corrected chi connectivity index (χ0v) is 13.3. The Kier molecular flexibility index (Phi) is 6.49. The van der Waals surface area contributed by atoms with Crippen LogP contribution in [0.1, 0.15) is 33.3 Å². The molecule has 118 valence electrons. The fraction of sp³-hybridized carbons (Fsp3) is 0.562. The summed E-state index contributed by atoms with van der Waals surface area (Å²) >= 11 is 0. The Morgan fingerprint density at radius 3 is 2.62 bits per heavy atom. The van der Waals surface area contributed by atoms with E-state index < -0.39 is 11.7 Å². The average molecular weight is 295 g/mol. The zero-order valence-electron chi connectivity index (χ0n) is 13.3. The lowest BCUT2D eigenvalue weighted by atomic mass is 10.2. The average Bonchev–Trinajstić information content (AvgIpc) is 2.37. The molecule has 0 saturated heterocycles. The minimum Gasteiger partial charge on any atom is -0.494 e. The minimum atomic E-state index is -0.558. The van der Waals surface area contributed by atoms with Crippen molar-refractivity contribution in [3.63, 3.8) is 0 Å². The smallest absolute Gasteiger partial charge is 0.410 e. The Hall–Kier alpha value is -1.75. The maximum atomic E-state index is 12.1. The summed E-state index contributed by atoms with van der Waals surface area (Å²) in [5.41, 5.74) is 0.373. The van der Waals surface area contributed by atoms with Gasteiger partial charge in [0, 0.05) is 13.1 Å². The monoisotopic (exact) mass is 295 g/mol. The van der Waals surface area contributed by atoms with E-state index in [4.69, 9.17) is 14.6 Å². The number of hydrogen-bond donors (Lipinski definition) is 1. The number of aliphatic hydroxyl groups is 1. The van der Waals surface area contributed by atoms with Gasteiger partial charge in [-0.05, 0) is 45.4 Å². The van der Waals surface area contributed by atoms with Gasteiger partial charge in [-0.3, -0.25) is 0 Å². The van der Waals surface area contributed by atoms with Crippen LogP contribution in [0.25, 0.3) is 0 Å². The number of hydrogen-bond acceptors (Lipinski definition) is 4. The number of rotatable bonds is 6. The molecule has 0 saturated carbocycles. The van der Waals surface area contributed by atoms with Crippen molar-refractivity contribution in [2.75, 3.05) is 19.8 Å². The third-order valence-corrected chi connectivity index (χ3v) is 2.60. The number of nitrogens with zero attached hydrogens (tertiary/aromatic N) is 1. The van der Waals surface area contributed by atoms with Gasteiger partial charge in [-0.2, -0.15) is 0 Å². The second kappa shape index (κ2) is 7.88. The molecule has 0 aliphatic heterocycles. The fourth-order valence-electron chi connectivity index (χ4n) is 1.80. The number of amides is 1. The molecule has 0 aromatic heterocycles. The Morgan fingerprint density at radius 1 is 1.33 bits per heavy atom. The van der Waals surface area contributed by atoms with Crippen LogP contribution in [-0.4, -0.2) is 41.5 Å². The quantitative estimate of drug-likeness (QED) is 0.876. The van der Waals surface area contributed by atoms with Gasteiger partial charge in [0.25, 0.3) is 0 Å². The Labute approximate surface area is 126 Å². The summed E-state index contributed by atoms with van der Waals surface area (Å²) < 4.78 is 10.8. The van der Waals surface area contributed by atoms with E-state index in [1.807, 2.05) is 52.0 Å². The van der Waals surface area contributed by atoms with Crippen molar-refractivity contribution >= 4 is 6.09 Å². The third-order valence-electron chi connectivity index (χ3n) is 2.60. The number of carbonyl (C=O) groups excluding carboxylic acids is 1. The van der Waals surface area contributed by atoms with Crippen molar-refractivity contribution in [1.29, 1.82) is 0 Å². The third kappa shape index (κ3) is 6.49. The first-order valence-corrected chi connectivity index (χ1v) is 7.16. The lowest BCUT2D eigenvalue weighted by Crippen LogP contribution is -2.38. The van der Waals surface area contributed by atoms with E-state index in [9.17, 15) is 4.79 Å². The van der Waals surface area contributed by atoms with Crippen LogP contribution in [0.2, 0.25) is 0 Å².